The first-order chi connectivity index (χ1) is 6.73. The first kappa shape index (κ1) is 14.6. The van der Waals surface area contributed by atoms with Crippen LogP contribution in [-0.2, 0) is 10.0 Å². The van der Waals surface area contributed by atoms with Gasteiger partial charge in [-0.1, -0.05) is 0 Å². The number of nitrogens with zero attached hydrogens (tertiary/aromatic N) is 1. The SMILES string of the molecule is O=S(=O)(CCO)N(CCO)CC(F)(F)F. The van der Waals surface area contributed by atoms with Crippen molar-refractivity contribution in [3.05, 3.63) is 0 Å². The number of halogens is 3. The molecule has 0 spiro atoms. The number of hydrogen-bond donors (Lipinski definition) is 2. The molecule has 92 valence electrons. The zero-order valence-corrected chi connectivity index (χ0v) is 8.55. The maximum atomic E-state index is 11.9. The van der Waals surface area contributed by atoms with Gasteiger partial charge in [-0.2, -0.15) is 17.5 Å². The van der Waals surface area contributed by atoms with E-state index in [2.05, 4.69) is 0 Å². The molecule has 0 amide bonds. The lowest BCUT2D eigenvalue weighted by Gasteiger charge is -2.21. The first-order valence-electron chi connectivity index (χ1n) is 3.99. The van der Waals surface area contributed by atoms with Crippen molar-refractivity contribution >= 4 is 10.0 Å². The molecule has 0 aliphatic carbocycles. The molecule has 0 aromatic heterocycles. The molecule has 0 rings (SSSR count). The van der Waals surface area contributed by atoms with Crippen LogP contribution in [0.5, 0.6) is 0 Å². The van der Waals surface area contributed by atoms with Gasteiger partial charge >= 0.3 is 6.18 Å². The fourth-order valence-corrected chi connectivity index (χ4v) is 2.06. The molecule has 0 aromatic carbocycles. The molecule has 0 aliphatic heterocycles. The highest BCUT2D eigenvalue weighted by Crippen LogP contribution is 2.18. The predicted octanol–water partition coefficient (Wildman–Crippen LogP) is -0.835. The van der Waals surface area contributed by atoms with Crippen LogP contribution >= 0.6 is 0 Å². The summed E-state index contributed by atoms with van der Waals surface area (Å²) in [4.78, 5) is 0. The third-order valence-electron chi connectivity index (χ3n) is 1.45. The first-order valence-corrected chi connectivity index (χ1v) is 5.60. The molecule has 15 heavy (non-hydrogen) atoms. The van der Waals surface area contributed by atoms with Gasteiger partial charge in [0.05, 0.1) is 19.0 Å². The minimum atomic E-state index is -4.67. The van der Waals surface area contributed by atoms with Gasteiger partial charge in [0.15, 0.2) is 0 Å². The molecule has 0 radical (unpaired) electrons. The van der Waals surface area contributed by atoms with E-state index in [-0.39, 0.29) is 4.31 Å². The fraction of sp³-hybridized carbons (Fsp3) is 1.00. The fourth-order valence-electron chi connectivity index (χ4n) is 0.872. The van der Waals surface area contributed by atoms with Crippen LogP contribution in [0.1, 0.15) is 0 Å². The van der Waals surface area contributed by atoms with Gasteiger partial charge in [0.25, 0.3) is 0 Å². The lowest BCUT2D eigenvalue weighted by molar-refractivity contribution is -0.136. The molecule has 0 saturated heterocycles. The van der Waals surface area contributed by atoms with E-state index in [4.69, 9.17) is 10.2 Å². The van der Waals surface area contributed by atoms with Crippen molar-refractivity contribution in [2.75, 3.05) is 32.1 Å². The van der Waals surface area contributed by atoms with Crippen LogP contribution in [0.3, 0.4) is 0 Å². The summed E-state index contributed by atoms with van der Waals surface area (Å²) in [5, 5.41) is 16.8. The van der Waals surface area contributed by atoms with Crippen molar-refractivity contribution < 1.29 is 31.8 Å². The van der Waals surface area contributed by atoms with Crippen LogP contribution in [0.2, 0.25) is 0 Å². The van der Waals surface area contributed by atoms with Crippen molar-refractivity contribution in [2.24, 2.45) is 0 Å². The van der Waals surface area contributed by atoms with E-state index >= 15 is 0 Å². The Morgan fingerprint density at radius 1 is 1.13 bits per heavy atom. The number of alkyl halides is 3. The Balaban J connectivity index is 4.66. The van der Waals surface area contributed by atoms with Gasteiger partial charge in [0.1, 0.15) is 6.54 Å². The zero-order valence-electron chi connectivity index (χ0n) is 7.74. The average Bonchev–Trinajstić information content (AvgIpc) is 2.01. The highest BCUT2D eigenvalue weighted by molar-refractivity contribution is 7.89. The molecule has 2 N–H and O–H groups in total. The average molecular weight is 251 g/mol. The maximum Gasteiger partial charge on any atom is 0.402 e. The third kappa shape index (κ3) is 5.92. The maximum absolute atomic E-state index is 11.9. The van der Waals surface area contributed by atoms with Crippen molar-refractivity contribution in [2.45, 2.75) is 6.18 Å². The van der Waals surface area contributed by atoms with Crippen molar-refractivity contribution in [3.63, 3.8) is 0 Å². The van der Waals surface area contributed by atoms with Gasteiger partial charge in [-0.15, -0.1) is 0 Å². The van der Waals surface area contributed by atoms with E-state index in [1.165, 1.54) is 0 Å². The van der Waals surface area contributed by atoms with Crippen LogP contribution in [0.25, 0.3) is 0 Å². The number of rotatable bonds is 6. The van der Waals surface area contributed by atoms with Crippen LogP contribution in [0.15, 0.2) is 0 Å². The van der Waals surface area contributed by atoms with Gasteiger partial charge in [-0.25, -0.2) is 8.42 Å². The second-order valence-electron chi connectivity index (χ2n) is 2.71. The number of aliphatic hydroxyl groups excluding tert-OH is 2. The van der Waals surface area contributed by atoms with E-state index in [9.17, 15) is 21.6 Å². The second-order valence-corrected chi connectivity index (χ2v) is 4.80. The zero-order chi connectivity index (χ0) is 12.1. The predicted molar refractivity (Wildman–Crippen MR) is 45.6 cm³/mol. The summed E-state index contributed by atoms with van der Waals surface area (Å²) in [6.45, 7) is -3.76. The Bertz CT molecular complexity index is 277. The summed E-state index contributed by atoms with van der Waals surface area (Å²) >= 11 is 0. The smallest absolute Gasteiger partial charge is 0.395 e. The lowest BCUT2D eigenvalue weighted by atomic mass is 10.6. The largest absolute Gasteiger partial charge is 0.402 e. The van der Waals surface area contributed by atoms with Crippen LogP contribution in [-0.4, -0.2) is 61.2 Å². The van der Waals surface area contributed by atoms with Gasteiger partial charge in [0.2, 0.25) is 10.0 Å². The third-order valence-corrected chi connectivity index (χ3v) is 3.24. The Labute approximate surface area is 85.2 Å². The van der Waals surface area contributed by atoms with Crippen LogP contribution in [0.4, 0.5) is 13.2 Å². The molecule has 0 fully saturated rings. The Kier molecular flexibility index (Phi) is 5.49. The van der Waals surface area contributed by atoms with E-state index in [0.717, 1.165) is 0 Å². The summed E-state index contributed by atoms with van der Waals surface area (Å²) < 4.78 is 58.3. The summed E-state index contributed by atoms with van der Waals surface area (Å²) in [5.74, 6) is -0.789. The summed E-state index contributed by atoms with van der Waals surface area (Å²) in [6.07, 6.45) is -4.67. The molecule has 0 bridgehead atoms. The number of sulfonamides is 1. The monoisotopic (exact) mass is 251 g/mol. The van der Waals surface area contributed by atoms with Gasteiger partial charge < -0.3 is 10.2 Å². The van der Waals surface area contributed by atoms with Crippen LogP contribution in [0, 0.1) is 0 Å². The number of hydrogen-bond acceptors (Lipinski definition) is 4. The second kappa shape index (κ2) is 5.64. The van der Waals surface area contributed by atoms with Crippen LogP contribution < -0.4 is 0 Å². The number of aliphatic hydroxyl groups is 2. The van der Waals surface area contributed by atoms with Gasteiger partial charge in [-0.05, 0) is 0 Å². The topological polar surface area (TPSA) is 77.8 Å². The van der Waals surface area contributed by atoms with E-state index < -0.39 is 48.3 Å². The molecule has 0 unspecified atom stereocenters. The molecule has 0 atom stereocenters. The van der Waals surface area contributed by atoms with Gasteiger partial charge in [0, 0.05) is 6.54 Å². The Morgan fingerprint density at radius 3 is 2.00 bits per heavy atom. The normalized spacial score (nSPS) is 13.5. The van der Waals surface area contributed by atoms with E-state index in [1.807, 2.05) is 0 Å². The highest BCUT2D eigenvalue weighted by Gasteiger charge is 2.35. The Morgan fingerprint density at radius 2 is 1.67 bits per heavy atom. The summed E-state index contributed by atoms with van der Waals surface area (Å²) in [6, 6.07) is 0. The molecule has 5 nitrogen and oxygen atoms in total. The summed E-state index contributed by atoms with van der Waals surface area (Å²) in [5.41, 5.74) is 0. The molecule has 9 heteroatoms. The van der Waals surface area contributed by atoms with Crippen molar-refractivity contribution in [1.82, 2.24) is 4.31 Å². The lowest BCUT2D eigenvalue weighted by Crippen LogP contribution is -2.42. The van der Waals surface area contributed by atoms with E-state index in [1.54, 1.807) is 0 Å². The molecule has 0 aliphatic rings. The minimum absolute atomic E-state index is 0.100. The van der Waals surface area contributed by atoms with E-state index in [0.29, 0.717) is 0 Å². The van der Waals surface area contributed by atoms with Crippen molar-refractivity contribution in [3.8, 4) is 0 Å². The molecular weight excluding hydrogens is 239 g/mol. The molecule has 0 saturated carbocycles. The van der Waals surface area contributed by atoms with Crippen molar-refractivity contribution in [1.29, 1.82) is 0 Å². The summed E-state index contributed by atoms with van der Waals surface area (Å²) in [7, 11) is -4.16. The Hall–Kier alpha value is -0.380. The standard InChI is InChI=1S/C6H12F3NO4S/c7-6(8,9)5-10(1-2-11)15(13,14)4-3-12/h11-12H,1-5H2. The molecular formula is C6H12F3NO4S. The van der Waals surface area contributed by atoms with Gasteiger partial charge in [-0.3, -0.25) is 0 Å². The molecule has 0 heterocycles. The highest BCUT2D eigenvalue weighted by atomic mass is 32.2. The molecule has 0 aromatic rings. The minimum Gasteiger partial charge on any atom is -0.395 e. The quantitative estimate of drug-likeness (QED) is 0.645.